The number of rotatable bonds is 27. The van der Waals surface area contributed by atoms with Gasteiger partial charge in [0.2, 0.25) is 17.2 Å². The molecule has 0 spiro atoms. The van der Waals surface area contributed by atoms with Crippen LogP contribution in [0.1, 0.15) is 42.1 Å². The Balaban J connectivity index is 2.55. The molecule has 15 nitrogen and oxygen atoms in total. The highest BCUT2D eigenvalue weighted by Gasteiger charge is 2.33. The molecule has 0 saturated heterocycles. The molecule has 280 valence electrons. The molecular formula is C34H54O15. The Morgan fingerprint density at radius 1 is 0.367 bits per heavy atom. The van der Waals surface area contributed by atoms with Crippen LogP contribution in [0.4, 0.5) is 0 Å². The Hall–Kier alpha value is -3.60. The quantitative estimate of drug-likeness (QED) is 0.0916. The molecule has 0 bridgehead atoms. The first kappa shape index (κ1) is 41.6. The van der Waals surface area contributed by atoms with Crippen molar-refractivity contribution in [2.24, 2.45) is 0 Å². The Morgan fingerprint density at radius 3 is 1.16 bits per heavy atom. The molecule has 0 aliphatic carbocycles. The van der Waals surface area contributed by atoms with E-state index in [1.54, 1.807) is 42.7 Å². The van der Waals surface area contributed by atoms with Crippen LogP contribution in [0.2, 0.25) is 0 Å². The summed E-state index contributed by atoms with van der Waals surface area (Å²) in [6.45, 7) is 0.110. The summed E-state index contributed by atoms with van der Waals surface area (Å²) in [7, 11) is 17.0. The molecule has 15 heteroatoms. The van der Waals surface area contributed by atoms with E-state index < -0.39 is 6.10 Å². The smallest absolute Gasteiger partial charge is 0.211 e. The van der Waals surface area contributed by atoms with Crippen molar-refractivity contribution in [3.05, 3.63) is 16.7 Å². The summed E-state index contributed by atoms with van der Waals surface area (Å²) in [4.78, 5) is 0. The molecular weight excluding hydrogens is 648 g/mol. The lowest BCUT2D eigenvalue weighted by Crippen LogP contribution is -2.16. The summed E-state index contributed by atoms with van der Waals surface area (Å²) in [5.74, 6) is 3.63. The summed E-state index contributed by atoms with van der Waals surface area (Å²) < 4.78 is 85.3. The highest BCUT2D eigenvalue weighted by molar-refractivity contribution is 5.70. The third-order valence-corrected chi connectivity index (χ3v) is 7.41. The second-order valence-electron chi connectivity index (χ2n) is 10.3. The van der Waals surface area contributed by atoms with Crippen LogP contribution in [-0.4, -0.2) is 112 Å². The molecule has 0 N–H and O–H groups in total. The fourth-order valence-electron chi connectivity index (χ4n) is 5.42. The van der Waals surface area contributed by atoms with E-state index in [-0.39, 0.29) is 33.8 Å². The Morgan fingerprint density at radius 2 is 0.755 bits per heavy atom. The molecule has 0 aromatic heterocycles. The summed E-state index contributed by atoms with van der Waals surface area (Å²) in [6, 6.07) is 0. The van der Waals surface area contributed by atoms with Crippen molar-refractivity contribution in [2.45, 2.75) is 38.2 Å². The van der Waals surface area contributed by atoms with Crippen molar-refractivity contribution in [3.8, 4) is 51.7 Å². The molecule has 0 fully saturated rings. The lowest BCUT2D eigenvalue weighted by atomic mass is 9.96. The maximum atomic E-state index is 6.12. The first-order chi connectivity index (χ1) is 23.9. The maximum absolute atomic E-state index is 6.12. The molecule has 0 radical (unpaired) electrons. The molecule has 0 heterocycles. The second kappa shape index (κ2) is 22.9. The van der Waals surface area contributed by atoms with Crippen LogP contribution < -0.4 is 42.6 Å². The van der Waals surface area contributed by atoms with E-state index in [9.17, 15) is 0 Å². The van der Waals surface area contributed by atoms with Gasteiger partial charge in [0, 0.05) is 53.8 Å². The topological polar surface area (TPSA) is 138 Å². The summed E-state index contributed by atoms with van der Waals surface area (Å²) in [5, 5.41) is 0. The van der Waals surface area contributed by atoms with E-state index in [0.717, 1.165) is 30.4 Å². The average Bonchev–Trinajstić information content (AvgIpc) is 3.12. The second-order valence-corrected chi connectivity index (χ2v) is 10.3. The number of ether oxygens (including phenoxy) is 15. The van der Waals surface area contributed by atoms with Gasteiger partial charge in [-0.2, -0.15) is 0 Å². The molecule has 0 amide bonds. The van der Waals surface area contributed by atoms with Crippen molar-refractivity contribution < 1.29 is 71.1 Å². The first-order valence-electron chi connectivity index (χ1n) is 15.6. The van der Waals surface area contributed by atoms with Crippen molar-refractivity contribution in [1.82, 2.24) is 0 Å². The zero-order valence-corrected chi connectivity index (χ0v) is 30.8. The largest absolute Gasteiger partial charge is 0.492 e. The molecule has 2 rings (SSSR count). The van der Waals surface area contributed by atoms with E-state index in [1.807, 2.05) is 0 Å². The number of benzene rings is 2. The monoisotopic (exact) mass is 702 g/mol. The minimum Gasteiger partial charge on any atom is -0.492 e. The number of methoxy groups -OCH3 is 11. The Bertz CT molecular complexity index is 1250. The Labute approximate surface area is 289 Å². The lowest BCUT2D eigenvalue weighted by molar-refractivity contribution is 0.0150. The van der Waals surface area contributed by atoms with Crippen LogP contribution in [0, 0.1) is 0 Å². The minimum atomic E-state index is -0.566. The lowest BCUT2D eigenvalue weighted by Gasteiger charge is -2.27. The van der Waals surface area contributed by atoms with Crippen LogP contribution in [-0.2, 0) is 41.3 Å². The summed E-state index contributed by atoms with van der Waals surface area (Å²) >= 11 is 0. The molecule has 2 aromatic carbocycles. The zero-order valence-electron chi connectivity index (χ0n) is 30.8. The molecule has 0 aliphatic heterocycles. The van der Waals surface area contributed by atoms with Gasteiger partial charge in [-0.1, -0.05) is 6.42 Å². The molecule has 49 heavy (non-hydrogen) atoms. The van der Waals surface area contributed by atoms with E-state index in [0.29, 0.717) is 70.2 Å². The van der Waals surface area contributed by atoms with Gasteiger partial charge in [0.05, 0.1) is 47.7 Å². The summed E-state index contributed by atoms with van der Waals surface area (Å²) in [6.07, 6.45) is 2.77. The summed E-state index contributed by atoms with van der Waals surface area (Å²) in [5.41, 5.74) is 2.03. The van der Waals surface area contributed by atoms with Crippen LogP contribution >= 0.6 is 0 Å². The fraction of sp³-hybridized carbons (Fsp3) is 0.647. The van der Waals surface area contributed by atoms with Gasteiger partial charge < -0.3 is 71.1 Å². The van der Waals surface area contributed by atoms with Gasteiger partial charge in [0.1, 0.15) is 6.10 Å². The predicted molar refractivity (Wildman–Crippen MR) is 179 cm³/mol. The van der Waals surface area contributed by atoms with Crippen molar-refractivity contribution in [3.63, 3.8) is 0 Å². The van der Waals surface area contributed by atoms with Crippen LogP contribution in [0.5, 0.6) is 51.7 Å². The minimum absolute atomic E-state index is 0.0163. The molecule has 1 atom stereocenters. The normalized spacial score (nSPS) is 11.6. The van der Waals surface area contributed by atoms with Gasteiger partial charge in [-0.15, -0.1) is 0 Å². The average molecular weight is 703 g/mol. The number of unbranched alkanes of at least 4 members (excludes halogenated alkanes) is 2. The van der Waals surface area contributed by atoms with Gasteiger partial charge in [-0.25, -0.2) is 0 Å². The van der Waals surface area contributed by atoms with E-state index in [2.05, 4.69) is 0 Å². The molecule has 0 saturated carbocycles. The van der Waals surface area contributed by atoms with Gasteiger partial charge in [0.15, 0.2) is 61.7 Å². The molecule has 2 aromatic rings. The van der Waals surface area contributed by atoms with Gasteiger partial charge in [-0.05, 0) is 25.7 Å². The number of hydrogen-bond acceptors (Lipinski definition) is 15. The van der Waals surface area contributed by atoms with Crippen LogP contribution in [0.3, 0.4) is 0 Å². The highest BCUT2D eigenvalue weighted by Crippen LogP contribution is 2.55. The van der Waals surface area contributed by atoms with Gasteiger partial charge in [-0.3, -0.25) is 0 Å². The predicted octanol–water partition coefficient (Wildman–Crippen LogP) is 4.95. The van der Waals surface area contributed by atoms with Gasteiger partial charge in [0.25, 0.3) is 0 Å². The molecule has 0 aliphatic rings. The number of hydrogen-bond donors (Lipinski definition) is 0. The third kappa shape index (κ3) is 10.4. The van der Waals surface area contributed by atoms with E-state index in [4.69, 9.17) is 71.1 Å². The van der Waals surface area contributed by atoms with Gasteiger partial charge >= 0.3 is 0 Å². The Kier molecular flexibility index (Phi) is 19.4. The first-order valence-corrected chi connectivity index (χ1v) is 15.6. The van der Waals surface area contributed by atoms with Crippen molar-refractivity contribution in [1.29, 1.82) is 0 Å². The zero-order chi connectivity index (χ0) is 36.2. The fourth-order valence-corrected chi connectivity index (χ4v) is 5.42. The van der Waals surface area contributed by atoms with E-state index in [1.165, 1.54) is 35.5 Å². The van der Waals surface area contributed by atoms with Crippen molar-refractivity contribution in [2.75, 3.05) is 112 Å². The van der Waals surface area contributed by atoms with Crippen LogP contribution in [0.15, 0.2) is 0 Å². The maximum Gasteiger partial charge on any atom is 0.211 e. The van der Waals surface area contributed by atoms with Crippen LogP contribution in [0.25, 0.3) is 0 Å². The SMILES string of the molecule is COCOc1c(CCCCCc2c(OCOC)c(OC)c(C(COC)OC)c(OCOC)c2OC)c(OC)c(OCOC)c(OC)c1OC. The third-order valence-electron chi connectivity index (χ3n) is 7.41. The van der Waals surface area contributed by atoms with E-state index >= 15 is 0 Å². The molecule has 1 unspecified atom stereocenters. The highest BCUT2D eigenvalue weighted by atomic mass is 16.7. The van der Waals surface area contributed by atoms with Crippen molar-refractivity contribution >= 4 is 0 Å². The standard InChI is InChI=1S/C34H54O15/c1-35-17-24(40-6)25-30(43-9)28(46-18-36-2)22(26(41-7)31(25)48-20-38-4)15-13-12-14-16-23-27(42-8)34(49-21-39-5)33(45-11)32(44-10)29(23)47-19-37-3/h24H,12-21H2,1-11H3.